The molecule has 0 aliphatic heterocycles. The number of likely N-dealkylation sites (N-methyl/N-ethyl adjacent to an activating group) is 1. The smallest absolute Gasteiger partial charge is 0.246 e. The molecule has 0 saturated carbocycles. The average Bonchev–Trinajstić information content (AvgIpc) is 3.18. The van der Waals surface area contributed by atoms with E-state index in [1.807, 2.05) is 36.5 Å². The zero-order valence-electron chi connectivity index (χ0n) is 15.5. The van der Waals surface area contributed by atoms with Crippen LogP contribution in [0, 0.1) is 0 Å². The topological polar surface area (TPSA) is 67.2 Å². The van der Waals surface area contributed by atoms with E-state index in [0.717, 1.165) is 11.3 Å². The standard InChI is InChI=1S/C21H18Cl2N4O2/c1-26(14-20(28)25-16-8-9-18(22)19(23)11-16)21(29)10-7-15-12-24-27(13-15)17-5-3-2-4-6-17/h2-13H,14H2,1H3,(H,25,28)/b10-7+. The summed E-state index contributed by atoms with van der Waals surface area (Å²) in [6.45, 7) is -0.104. The number of carbonyl (C=O) groups is 2. The Hall–Kier alpha value is -3.09. The van der Waals surface area contributed by atoms with Crippen LogP contribution in [0.5, 0.6) is 0 Å². The molecule has 29 heavy (non-hydrogen) atoms. The number of nitrogens with one attached hydrogen (secondary N) is 1. The molecule has 6 nitrogen and oxygen atoms in total. The molecule has 0 saturated heterocycles. The first-order valence-electron chi connectivity index (χ1n) is 8.70. The zero-order chi connectivity index (χ0) is 20.8. The molecule has 0 aliphatic rings. The Morgan fingerprint density at radius 3 is 2.62 bits per heavy atom. The minimum atomic E-state index is -0.343. The SMILES string of the molecule is CN(CC(=O)Nc1ccc(Cl)c(Cl)c1)C(=O)/C=C/c1cnn(-c2ccccc2)c1. The Morgan fingerprint density at radius 2 is 1.90 bits per heavy atom. The summed E-state index contributed by atoms with van der Waals surface area (Å²) < 4.78 is 1.72. The Kier molecular flexibility index (Phi) is 6.69. The summed E-state index contributed by atoms with van der Waals surface area (Å²) in [5, 5.41) is 7.69. The van der Waals surface area contributed by atoms with Crippen molar-refractivity contribution in [1.29, 1.82) is 0 Å². The molecule has 2 amide bonds. The highest BCUT2D eigenvalue weighted by atomic mass is 35.5. The van der Waals surface area contributed by atoms with Gasteiger partial charge in [0.05, 0.1) is 28.5 Å². The van der Waals surface area contributed by atoms with Crippen molar-refractivity contribution in [3.63, 3.8) is 0 Å². The molecule has 0 fully saturated rings. The maximum absolute atomic E-state index is 12.3. The van der Waals surface area contributed by atoms with E-state index in [1.165, 1.54) is 11.0 Å². The summed E-state index contributed by atoms with van der Waals surface area (Å²) in [4.78, 5) is 25.7. The highest BCUT2D eigenvalue weighted by Crippen LogP contribution is 2.24. The first-order chi connectivity index (χ1) is 13.9. The van der Waals surface area contributed by atoms with Gasteiger partial charge in [0.2, 0.25) is 11.8 Å². The van der Waals surface area contributed by atoms with Gasteiger partial charge in [-0.05, 0) is 36.4 Å². The van der Waals surface area contributed by atoms with E-state index < -0.39 is 0 Å². The van der Waals surface area contributed by atoms with Gasteiger partial charge in [-0.1, -0.05) is 41.4 Å². The van der Waals surface area contributed by atoms with Crippen molar-refractivity contribution in [1.82, 2.24) is 14.7 Å². The van der Waals surface area contributed by atoms with Gasteiger partial charge in [0.25, 0.3) is 0 Å². The molecule has 0 spiro atoms. The monoisotopic (exact) mass is 428 g/mol. The molecular weight excluding hydrogens is 411 g/mol. The van der Waals surface area contributed by atoms with Gasteiger partial charge in [0.15, 0.2) is 0 Å². The van der Waals surface area contributed by atoms with E-state index in [-0.39, 0.29) is 18.4 Å². The number of aromatic nitrogens is 2. The van der Waals surface area contributed by atoms with Gasteiger partial charge >= 0.3 is 0 Å². The predicted octanol–water partition coefficient (Wildman–Crippen LogP) is 4.29. The number of hydrogen-bond donors (Lipinski definition) is 1. The second kappa shape index (κ2) is 9.41. The zero-order valence-corrected chi connectivity index (χ0v) is 17.1. The molecule has 0 unspecified atom stereocenters. The van der Waals surface area contributed by atoms with Crippen LogP contribution in [0.15, 0.2) is 67.0 Å². The second-order valence-corrected chi connectivity index (χ2v) is 7.07. The summed E-state index contributed by atoms with van der Waals surface area (Å²) in [6, 6.07) is 14.4. The quantitative estimate of drug-likeness (QED) is 0.595. The largest absolute Gasteiger partial charge is 0.333 e. The summed E-state index contributed by atoms with van der Waals surface area (Å²) in [7, 11) is 1.55. The van der Waals surface area contributed by atoms with Crippen molar-refractivity contribution in [3.8, 4) is 5.69 Å². The summed E-state index contributed by atoms with van der Waals surface area (Å²) >= 11 is 11.8. The number of carbonyl (C=O) groups excluding carboxylic acids is 2. The third-order valence-corrected chi connectivity index (χ3v) is 4.74. The second-order valence-electron chi connectivity index (χ2n) is 6.26. The lowest BCUT2D eigenvalue weighted by molar-refractivity contribution is -0.129. The van der Waals surface area contributed by atoms with Crippen LogP contribution in [-0.4, -0.2) is 40.1 Å². The summed E-state index contributed by atoms with van der Waals surface area (Å²) in [6.07, 6.45) is 6.53. The van der Waals surface area contributed by atoms with Crippen LogP contribution in [0.4, 0.5) is 5.69 Å². The van der Waals surface area contributed by atoms with E-state index in [2.05, 4.69) is 10.4 Å². The maximum atomic E-state index is 12.3. The van der Waals surface area contributed by atoms with Gasteiger partial charge in [-0.25, -0.2) is 4.68 Å². The first-order valence-corrected chi connectivity index (χ1v) is 9.46. The van der Waals surface area contributed by atoms with Crippen LogP contribution < -0.4 is 5.32 Å². The molecule has 1 N–H and O–H groups in total. The fourth-order valence-electron chi connectivity index (χ4n) is 2.51. The van der Waals surface area contributed by atoms with Gasteiger partial charge in [-0.3, -0.25) is 9.59 Å². The molecule has 0 atom stereocenters. The van der Waals surface area contributed by atoms with Crippen LogP contribution in [0.3, 0.4) is 0 Å². The van der Waals surface area contributed by atoms with Crippen molar-refractivity contribution < 1.29 is 9.59 Å². The third-order valence-electron chi connectivity index (χ3n) is 4.00. The molecular formula is C21H18Cl2N4O2. The number of amides is 2. The number of hydrogen-bond acceptors (Lipinski definition) is 3. The minimum absolute atomic E-state index is 0.104. The van der Waals surface area contributed by atoms with Gasteiger partial charge < -0.3 is 10.2 Å². The van der Waals surface area contributed by atoms with Crippen LogP contribution in [0.25, 0.3) is 11.8 Å². The summed E-state index contributed by atoms with van der Waals surface area (Å²) in [5.74, 6) is -0.647. The highest BCUT2D eigenvalue weighted by Gasteiger charge is 2.11. The fraction of sp³-hybridized carbons (Fsp3) is 0.0952. The van der Waals surface area contributed by atoms with E-state index in [9.17, 15) is 9.59 Å². The van der Waals surface area contributed by atoms with Crippen LogP contribution >= 0.6 is 23.2 Å². The number of para-hydroxylation sites is 1. The average molecular weight is 429 g/mol. The third kappa shape index (κ3) is 5.70. The van der Waals surface area contributed by atoms with Crippen molar-refractivity contribution in [3.05, 3.63) is 82.6 Å². The molecule has 2 aromatic carbocycles. The van der Waals surface area contributed by atoms with Crippen molar-refractivity contribution >= 4 is 46.8 Å². The lowest BCUT2D eigenvalue weighted by atomic mass is 10.3. The van der Waals surface area contributed by atoms with E-state index in [4.69, 9.17) is 23.2 Å². The molecule has 8 heteroatoms. The van der Waals surface area contributed by atoms with Gasteiger partial charge in [0.1, 0.15) is 0 Å². The van der Waals surface area contributed by atoms with Gasteiger partial charge in [-0.15, -0.1) is 0 Å². The lowest BCUT2D eigenvalue weighted by Crippen LogP contribution is -2.33. The van der Waals surface area contributed by atoms with E-state index in [1.54, 1.807) is 42.2 Å². The normalized spacial score (nSPS) is 10.9. The Bertz CT molecular complexity index is 1050. The molecule has 3 rings (SSSR count). The maximum Gasteiger partial charge on any atom is 0.246 e. The Labute approximate surface area is 178 Å². The molecule has 3 aromatic rings. The molecule has 0 aliphatic carbocycles. The van der Waals surface area contributed by atoms with E-state index in [0.29, 0.717) is 15.7 Å². The first kappa shape index (κ1) is 20.6. The number of halogens is 2. The number of benzene rings is 2. The van der Waals surface area contributed by atoms with Crippen LogP contribution in [-0.2, 0) is 9.59 Å². The Morgan fingerprint density at radius 1 is 1.14 bits per heavy atom. The lowest BCUT2D eigenvalue weighted by Gasteiger charge is -2.15. The van der Waals surface area contributed by atoms with E-state index >= 15 is 0 Å². The van der Waals surface area contributed by atoms with Crippen molar-refractivity contribution in [2.75, 3.05) is 18.9 Å². The molecule has 1 heterocycles. The van der Waals surface area contributed by atoms with Gasteiger partial charge in [-0.2, -0.15) is 5.10 Å². The molecule has 1 aromatic heterocycles. The number of nitrogens with zero attached hydrogens (tertiary/aromatic N) is 3. The fourth-order valence-corrected chi connectivity index (χ4v) is 2.81. The minimum Gasteiger partial charge on any atom is -0.333 e. The molecule has 0 radical (unpaired) electrons. The highest BCUT2D eigenvalue weighted by molar-refractivity contribution is 6.42. The molecule has 148 valence electrons. The van der Waals surface area contributed by atoms with Crippen molar-refractivity contribution in [2.45, 2.75) is 0 Å². The Balaban J connectivity index is 1.55. The van der Waals surface area contributed by atoms with Crippen molar-refractivity contribution in [2.24, 2.45) is 0 Å². The number of anilines is 1. The number of rotatable bonds is 6. The van der Waals surface area contributed by atoms with Crippen LogP contribution in [0.2, 0.25) is 10.0 Å². The van der Waals surface area contributed by atoms with Crippen LogP contribution in [0.1, 0.15) is 5.56 Å². The summed E-state index contributed by atoms with van der Waals surface area (Å²) in [5.41, 5.74) is 2.21. The predicted molar refractivity (Wildman–Crippen MR) is 115 cm³/mol. The molecule has 0 bridgehead atoms. The van der Waals surface area contributed by atoms with Gasteiger partial charge in [0, 0.05) is 30.6 Å².